The number of nitrogen functional groups attached to an aromatic ring is 1. The summed E-state index contributed by atoms with van der Waals surface area (Å²) in [5.41, 5.74) is 6.63. The number of rotatable bonds is 5. The van der Waals surface area contributed by atoms with Gasteiger partial charge in [-0.2, -0.15) is 0 Å². The first-order valence-corrected chi connectivity index (χ1v) is 5.97. The fraction of sp³-hybridized carbons (Fsp3) is 0.286. The zero-order valence-electron chi connectivity index (χ0n) is 10.4. The Morgan fingerprint density at radius 3 is 2.72 bits per heavy atom. The van der Waals surface area contributed by atoms with Crippen LogP contribution in [0, 0.1) is 5.82 Å². The number of hydrogen-bond donors (Lipinski definition) is 1. The smallest absolute Gasteiger partial charge is 0.129 e. The highest BCUT2D eigenvalue weighted by Gasteiger charge is 2.10. The Morgan fingerprint density at radius 1 is 1.28 bits per heavy atom. The van der Waals surface area contributed by atoms with Crippen molar-refractivity contribution >= 4 is 5.69 Å². The van der Waals surface area contributed by atoms with Gasteiger partial charge in [0.1, 0.15) is 11.6 Å². The van der Waals surface area contributed by atoms with Gasteiger partial charge in [0.15, 0.2) is 0 Å². The van der Waals surface area contributed by atoms with Crippen molar-refractivity contribution in [3.05, 3.63) is 53.7 Å². The summed E-state index contributed by atoms with van der Waals surface area (Å²) >= 11 is 0. The number of benzene rings is 1. The third kappa shape index (κ3) is 3.11. The van der Waals surface area contributed by atoms with Crippen LogP contribution in [0.15, 0.2) is 41.0 Å². The molecule has 1 heterocycles. The first kappa shape index (κ1) is 12.6. The van der Waals surface area contributed by atoms with Crippen molar-refractivity contribution in [1.29, 1.82) is 0 Å². The van der Waals surface area contributed by atoms with Crippen LogP contribution in [0.4, 0.5) is 10.1 Å². The minimum atomic E-state index is -0.257. The van der Waals surface area contributed by atoms with Crippen molar-refractivity contribution < 1.29 is 8.81 Å². The fourth-order valence-electron chi connectivity index (χ4n) is 1.84. The van der Waals surface area contributed by atoms with Gasteiger partial charge in [-0.15, -0.1) is 0 Å². The summed E-state index contributed by atoms with van der Waals surface area (Å²) in [5, 5.41) is 0. The van der Waals surface area contributed by atoms with Crippen molar-refractivity contribution in [3.63, 3.8) is 0 Å². The highest BCUT2D eigenvalue weighted by molar-refractivity contribution is 5.40. The average Bonchev–Trinajstić information content (AvgIpc) is 2.84. The molecule has 2 aromatic rings. The second-order valence-corrected chi connectivity index (χ2v) is 4.23. The minimum Gasteiger partial charge on any atom is -0.468 e. The van der Waals surface area contributed by atoms with E-state index in [0.29, 0.717) is 24.3 Å². The summed E-state index contributed by atoms with van der Waals surface area (Å²) in [6, 6.07) is 8.58. The number of furan rings is 1. The summed E-state index contributed by atoms with van der Waals surface area (Å²) in [7, 11) is 0. The van der Waals surface area contributed by atoms with Gasteiger partial charge in [0.25, 0.3) is 0 Å². The fourth-order valence-corrected chi connectivity index (χ4v) is 1.84. The SMILES string of the molecule is CCN(Cc1ccco1)Cc1ccc(N)cc1F. The summed E-state index contributed by atoms with van der Waals surface area (Å²) < 4.78 is 19.0. The van der Waals surface area contributed by atoms with Crippen molar-refractivity contribution in [2.45, 2.75) is 20.0 Å². The van der Waals surface area contributed by atoms with E-state index in [9.17, 15) is 4.39 Å². The Morgan fingerprint density at radius 2 is 2.11 bits per heavy atom. The summed E-state index contributed by atoms with van der Waals surface area (Å²) in [6.45, 7) is 4.08. The molecule has 0 amide bonds. The van der Waals surface area contributed by atoms with Crippen molar-refractivity contribution in [2.75, 3.05) is 12.3 Å². The number of halogens is 1. The second-order valence-electron chi connectivity index (χ2n) is 4.23. The number of nitrogens with two attached hydrogens (primary N) is 1. The molecule has 0 saturated heterocycles. The summed E-state index contributed by atoms with van der Waals surface area (Å²) in [6.07, 6.45) is 1.65. The summed E-state index contributed by atoms with van der Waals surface area (Å²) in [5.74, 6) is 0.626. The van der Waals surface area contributed by atoms with Gasteiger partial charge in [0.2, 0.25) is 0 Å². The lowest BCUT2D eigenvalue weighted by atomic mass is 10.1. The van der Waals surface area contributed by atoms with E-state index in [1.807, 2.05) is 19.1 Å². The van der Waals surface area contributed by atoms with Gasteiger partial charge in [-0.05, 0) is 30.8 Å². The van der Waals surface area contributed by atoms with Crippen LogP contribution in [0.25, 0.3) is 0 Å². The molecule has 3 nitrogen and oxygen atoms in total. The molecule has 0 aliphatic carbocycles. The highest BCUT2D eigenvalue weighted by atomic mass is 19.1. The molecule has 0 radical (unpaired) electrons. The Labute approximate surface area is 106 Å². The lowest BCUT2D eigenvalue weighted by Crippen LogP contribution is -2.22. The van der Waals surface area contributed by atoms with Crippen LogP contribution in [0.1, 0.15) is 18.2 Å². The van der Waals surface area contributed by atoms with E-state index in [2.05, 4.69) is 4.90 Å². The molecule has 0 spiro atoms. The molecule has 0 atom stereocenters. The van der Waals surface area contributed by atoms with Gasteiger partial charge >= 0.3 is 0 Å². The van der Waals surface area contributed by atoms with Crippen molar-refractivity contribution in [3.8, 4) is 0 Å². The highest BCUT2D eigenvalue weighted by Crippen LogP contribution is 2.15. The number of anilines is 1. The molecule has 1 aromatic heterocycles. The molecular formula is C14H17FN2O. The molecule has 0 saturated carbocycles. The molecule has 0 bridgehead atoms. The quantitative estimate of drug-likeness (QED) is 0.827. The van der Waals surface area contributed by atoms with E-state index in [-0.39, 0.29) is 5.82 Å². The molecule has 18 heavy (non-hydrogen) atoms. The average molecular weight is 248 g/mol. The molecular weight excluding hydrogens is 231 g/mol. The number of hydrogen-bond acceptors (Lipinski definition) is 3. The predicted molar refractivity (Wildman–Crippen MR) is 69.3 cm³/mol. The standard InChI is InChI=1S/C14H17FN2O/c1-2-17(10-13-4-3-7-18-13)9-11-5-6-12(16)8-14(11)15/h3-8H,2,9-10,16H2,1H3. The van der Waals surface area contributed by atoms with Gasteiger partial charge in [0.05, 0.1) is 12.8 Å². The van der Waals surface area contributed by atoms with E-state index in [0.717, 1.165) is 12.3 Å². The topological polar surface area (TPSA) is 42.4 Å². The van der Waals surface area contributed by atoms with Gasteiger partial charge in [-0.1, -0.05) is 13.0 Å². The maximum Gasteiger partial charge on any atom is 0.129 e. The molecule has 96 valence electrons. The van der Waals surface area contributed by atoms with E-state index in [4.69, 9.17) is 10.2 Å². The van der Waals surface area contributed by atoms with E-state index >= 15 is 0 Å². The molecule has 1 aromatic carbocycles. The van der Waals surface area contributed by atoms with Crippen LogP contribution in [0.5, 0.6) is 0 Å². The molecule has 0 unspecified atom stereocenters. The van der Waals surface area contributed by atoms with Crippen LogP contribution >= 0.6 is 0 Å². The first-order chi connectivity index (χ1) is 8.69. The largest absolute Gasteiger partial charge is 0.468 e. The van der Waals surface area contributed by atoms with Crippen LogP contribution in [0.3, 0.4) is 0 Å². The monoisotopic (exact) mass is 248 g/mol. The molecule has 0 fully saturated rings. The molecule has 4 heteroatoms. The van der Waals surface area contributed by atoms with Gasteiger partial charge in [0, 0.05) is 17.8 Å². The molecule has 0 aliphatic rings. The molecule has 2 rings (SSSR count). The van der Waals surface area contributed by atoms with E-state index in [1.54, 1.807) is 18.4 Å². The third-order valence-electron chi connectivity index (χ3n) is 2.88. The molecule has 2 N–H and O–H groups in total. The maximum atomic E-state index is 13.7. The van der Waals surface area contributed by atoms with Crippen molar-refractivity contribution in [2.24, 2.45) is 0 Å². The van der Waals surface area contributed by atoms with Crippen LogP contribution in [0.2, 0.25) is 0 Å². The minimum absolute atomic E-state index is 0.257. The normalized spacial score (nSPS) is 11.1. The Bertz CT molecular complexity index is 497. The predicted octanol–water partition coefficient (Wildman–Crippen LogP) is 3.02. The zero-order valence-corrected chi connectivity index (χ0v) is 10.4. The van der Waals surface area contributed by atoms with Crippen LogP contribution in [-0.4, -0.2) is 11.4 Å². The Balaban J connectivity index is 2.05. The maximum absolute atomic E-state index is 13.7. The van der Waals surface area contributed by atoms with Crippen molar-refractivity contribution in [1.82, 2.24) is 4.90 Å². The lowest BCUT2D eigenvalue weighted by Gasteiger charge is -2.19. The van der Waals surface area contributed by atoms with Gasteiger partial charge in [-0.25, -0.2) is 4.39 Å². The number of nitrogens with zero attached hydrogens (tertiary/aromatic N) is 1. The third-order valence-corrected chi connectivity index (χ3v) is 2.88. The second kappa shape index (κ2) is 5.69. The zero-order chi connectivity index (χ0) is 13.0. The van der Waals surface area contributed by atoms with Crippen LogP contribution < -0.4 is 5.73 Å². The van der Waals surface area contributed by atoms with E-state index < -0.39 is 0 Å². The van der Waals surface area contributed by atoms with Crippen LogP contribution in [-0.2, 0) is 13.1 Å². The Hall–Kier alpha value is -1.81. The first-order valence-electron chi connectivity index (χ1n) is 5.97. The van der Waals surface area contributed by atoms with Gasteiger partial charge < -0.3 is 10.2 Å². The lowest BCUT2D eigenvalue weighted by molar-refractivity contribution is 0.244. The molecule has 0 aliphatic heterocycles. The van der Waals surface area contributed by atoms with Gasteiger partial charge in [-0.3, -0.25) is 4.90 Å². The Kier molecular flexibility index (Phi) is 3.99. The van der Waals surface area contributed by atoms with E-state index in [1.165, 1.54) is 6.07 Å². The summed E-state index contributed by atoms with van der Waals surface area (Å²) in [4.78, 5) is 2.10.